The molecule has 84 valence electrons. The molecular formula is C12H14BrN3. The Morgan fingerprint density at radius 3 is 2.81 bits per heavy atom. The zero-order valence-electron chi connectivity index (χ0n) is 8.91. The number of rotatable bonds is 2. The fourth-order valence-corrected chi connectivity index (χ4v) is 2.56. The zero-order chi connectivity index (χ0) is 11.5. The molecule has 1 fully saturated rings. The Labute approximate surface area is 104 Å². The SMILES string of the molecule is N#Cc1ccc(NC2CCC(N)C2)c(Br)c1. The Bertz CT molecular complexity index is 425. The molecule has 0 bridgehead atoms. The normalized spacial score (nSPS) is 24.1. The van der Waals surface area contributed by atoms with Crippen molar-refractivity contribution in [1.82, 2.24) is 0 Å². The van der Waals surface area contributed by atoms with Crippen LogP contribution < -0.4 is 11.1 Å². The van der Waals surface area contributed by atoms with Gasteiger partial charge in [0.1, 0.15) is 0 Å². The molecule has 0 aromatic heterocycles. The maximum absolute atomic E-state index is 8.76. The third-order valence-corrected chi connectivity index (χ3v) is 3.59. The van der Waals surface area contributed by atoms with Crippen LogP contribution >= 0.6 is 15.9 Å². The van der Waals surface area contributed by atoms with Crippen LogP contribution in [0.5, 0.6) is 0 Å². The third-order valence-electron chi connectivity index (χ3n) is 2.93. The summed E-state index contributed by atoms with van der Waals surface area (Å²) in [5.41, 5.74) is 7.57. The largest absolute Gasteiger partial charge is 0.381 e. The summed E-state index contributed by atoms with van der Waals surface area (Å²) in [5, 5.41) is 12.2. The maximum Gasteiger partial charge on any atom is 0.0992 e. The molecule has 0 saturated heterocycles. The van der Waals surface area contributed by atoms with Gasteiger partial charge in [-0.05, 0) is 53.4 Å². The van der Waals surface area contributed by atoms with E-state index in [1.807, 2.05) is 18.2 Å². The van der Waals surface area contributed by atoms with Gasteiger partial charge in [-0.1, -0.05) is 0 Å². The van der Waals surface area contributed by atoms with Crippen molar-refractivity contribution in [2.75, 3.05) is 5.32 Å². The minimum absolute atomic E-state index is 0.328. The first-order valence-electron chi connectivity index (χ1n) is 5.41. The summed E-state index contributed by atoms with van der Waals surface area (Å²) in [5.74, 6) is 0. The van der Waals surface area contributed by atoms with Gasteiger partial charge in [-0.3, -0.25) is 0 Å². The van der Waals surface area contributed by atoms with E-state index in [2.05, 4.69) is 27.3 Å². The van der Waals surface area contributed by atoms with Crippen molar-refractivity contribution in [2.24, 2.45) is 5.73 Å². The molecular weight excluding hydrogens is 266 g/mol. The lowest BCUT2D eigenvalue weighted by molar-refractivity contribution is 0.687. The number of nitriles is 1. The zero-order valence-corrected chi connectivity index (χ0v) is 10.5. The quantitative estimate of drug-likeness (QED) is 0.875. The van der Waals surface area contributed by atoms with Gasteiger partial charge in [-0.2, -0.15) is 5.26 Å². The van der Waals surface area contributed by atoms with Crippen LogP contribution in [0.2, 0.25) is 0 Å². The van der Waals surface area contributed by atoms with Crippen LogP contribution in [0.25, 0.3) is 0 Å². The number of nitrogens with zero attached hydrogens (tertiary/aromatic N) is 1. The standard InChI is InChI=1S/C12H14BrN3/c13-11-5-8(7-14)1-4-12(11)16-10-3-2-9(15)6-10/h1,4-5,9-10,16H,2-3,6,15H2. The Morgan fingerprint density at radius 1 is 1.44 bits per heavy atom. The van der Waals surface area contributed by atoms with E-state index in [9.17, 15) is 0 Å². The first-order chi connectivity index (χ1) is 7.69. The smallest absolute Gasteiger partial charge is 0.0992 e. The minimum atomic E-state index is 0.328. The van der Waals surface area contributed by atoms with Crippen LogP contribution in [0.4, 0.5) is 5.69 Å². The Balaban J connectivity index is 2.08. The highest BCUT2D eigenvalue weighted by Crippen LogP contribution is 2.27. The molecule has 4 heteroatoms. The average molecular weight is 280 g/mol. The minimum Gasteiger partial charge on any atom is -0.381 e. The van der Waals surface area contributed by atoms with Crippen molar-refractivity contribution < 1.29 is 0 Å². The van der Waals surface area contributed by atoms with E-state index in [1.54, 1.807) is 0 Å². The van der Waals surface area contributed by atoms with Crippen LogP contribution in [0.1, 0.15) is 24.8 Å². The highest BCUT2D eigenvalue weighted by atomic mass is 79.9. The highest BCUT2D eigenvalue weighted by Gasteiger charge is 2.21. The summed E-state index contributed by atoms with van der Waals surface area (Å²) in [7, 11) is 0. The molecule has 0 radical (unpaired) electrons. The molecule has 1 aliphatic rings. The summed E-state index contributed by atoms with van der Waals surface area (Å²) in [4.78, 5) is 0. The van der Waals surface area contributed by atoms with Gasteiger partial charge in [-0.15, -0.1) is 0 Å². The van der Waals surface area contributed by atoms with E-state index in [-0.39, 0.29) is 0 Å². The first-order valence-corrected chi connectivity index (χ1v) is 6.20. The van der Waals surface area contributed by atoms with Crippen LogP contribution in [0, 0.1) is 11.3 Å². The first kappa shape index (κ1) is 11.4. The van der Waals surface area contributed by atoms with Crippen LogP contribution in [0.3, 0.4) is 0 Å². The number of halogens is 1. The summed E-state index contributed by atoms with van der Waals surface area (Å²) in [6.07, 6.45) is 3.23. The fourth-order valence-electron chi connectivity index (χ4n) is 2.07. The van der Waals surface area contributed by atoms with Gasteiger partial charge in [0.15, 0.2) is 0 Å². The predicted molar refractivity (Wildman–Crippen MR) is 68.1 cm³/mol. The molecule has 1 aliphatic carbocycles. The summed E-state index contributed by atoms with van der Waals surface area (Å²) in [6.45, 7) is 0. The number of hydrogen-bond donors (Lipinski definition) is 2. The van der Waals surface area contributed by atoms with Gasteiger partial charge < -0.3 is 11.1 Å². The lowest BCUT2D eigenvalue weighted by Gasteiger charge is -2.15. The molecule has 2 rings (SSSR count). The van der Waals surface area contributed by atoms with Gasteiger partial charge in [0, 0.05) is 22.2 Å². The van der Waals surface area contributed by atoms with Crippen molar-refractivity contribution in [3.63, 3.8) is 0 Å². The summed E-state index contributed by atoms with van der Waals surface area (Å²) < 4.78 is 0.937. The van der Waals surface area contributed by atoms with E-state index in [1.165, 1.54) is 0 Å². The Hall–Kier alpha value is -1.05. The monoisotopic (exact) mass is 279 g/mol. The lowest BCUT2D eigenvalue weighted by atomic mass is 10.2. The molecule has 1 aromatic rings. The second kappa shape index (κ2) is 4.86. The van der Waals surface area contributed by atoms with Crippen LogP contribution in [0.15, 0.2) is 22.7 Å². The topological polar surface area (TPSA) is 61.8 Å². The van der Waals surface area contributed by atoms with Gasteiger partial charge in [-0.25, -0.2) is 0 Å². The second-order valence-electron chi connectivity index (χ2n) is 4.22. The molecule has 0 spiro atoms. The number of hydrogen-bond acceptors (Lipinski definition) is 3. The predicted octanol–water partition coefficient (Wildman–Crippen LogP) is 2.61. The van der Waals surface area contributed by atoms with Gasteiger partial charge in [0.2, 0.25) is 0 Å². The molecule has 1 saturated carbocycles. The molecule has 0 amide bonds. The number of benzene rings is 1. The molecule has 2 unspecified atom stereocenters. The third kappa shape index (κ3) is 2.55. The van der Waals surface area contributed by atoms with E-state index >= 15 is 0 Å². The van der Waals surface area contributed by atoms with Gasteiger partial charge in [0.05, 0.1) is 11.6 Å². The lowest BCUT2D eigenvalue weighted by Crippen LogP contribution is -2.20. The van der Waals surface area contributed by atoms with Crippen molar-refractivity contribution in [1.29, 1.82) is 5.26 Å². The number of nitrogens with one attached hydrogen (secondary N) is 1. The highest BCUT2D eigenvalue weighted by molar-refractivity contribution is 9.10. The van der Waals surface area contributed by atoms with E-state index in [4.69, 9.17) is 11.0 Å². The average Bonchev–Trinajstić information content (AvgIpc) is 2.67. The van der Waals surface area contributed by atoms with Crippen LogP contribution in [-0.2, 0) is 0 Å². The molecule has 16 heavy (non-hydrogen) atoms. The summed E-state index contributed by atoms with van der Waals surface area (Å²) in [6, 6.07) is 8.49. The van der Waals surface area contributed by atoms with Gasteiger partial charge >= 0.3 is 0 Å². The van der Waals surface area contributed by atoms with Crippen molar-refractivity contribution in [3.05, 3.63) is 28.2 Å². The number of anilines is 1. The Kier molecular flexibility index (Phi) is 3.47. The van der Waals surface area contributed by atoms with Crippen LogP contribution in [-0.4, -0.2) is 12.1 Å². The maximum atomic E-state index is 8.76. The fraction of sp³-hybridized carbons (Fsp3) is 0.417. The molecule has 0 aliphatic heterocycles. The second-order valence-corrected chi connectivity index (χ2v) is 5.08. The van der Waals surface area contributed by atoms with Crippen molar-refractivity contribution >= 4 is 21.6 Å². The molecule has 3 nitrogen and oxygen atoms in total. The Morgan fingerprint density at radius 2 is 2.25 bits per heavy atom. The molecule has 0 heterocycles. The molecule has 2 atom stereocenters. The van der Waals surface area contributed by atoms with E-state index in [0.717, 1.165) is 29.4 Å². The van der Waals surface area contributed by atoms with Gasteiger partial charge in [0.25, 0.3) is 0 Å². The number of nitrogens with two attached hydrogens (primary N) is 1. The molecule has 3 N–H and O–H groups in total. The van der Waals surface area contributed by atoms with E-state index in [0.29, 0.717) is 17.6 Å². The van der Waals surface area contributed by atoms with Crippen molar-refractivity contribution in [2.45, 2.75) is 31.3 Å². The summed E-state index contributed by atoms with van der Waals surface area (Å²) >= 11 is 3.47. The van der Waals surface area contributed by atoms with E-state index < -0.39 is 0 Å². The van der Waals surface area contributed by atoms with Crippen molar-refractivity contribution in [3.8, 4) is 6.07 Å². The molecule has 1 aromatic carbocycles.